The summed E-state index contributed by atoms with van der Waals surface area (Å²) in [5.74, 6) is -0.0675. The van der Waals surface area contributed by atoms with Crippen LogP contribution < -0.4 is 4.90 Å². The van der Waals surface area contributed by atoms with E-state index in [9.17, 15) is 9.18 Å². The third kappa shape index (κ3) is 2.63. The van der Waals surface area contributed by atoms with Crippen molar-refractivity contribution in [3.05, 3.63) is 29.6 Å². The van der Waals surface area contributed by atoms with Gasteiger partial charge in [-0.3, -0.25) is 4.79 Å². The minimum Gasteiger partial charge on any atom is -0.366 e. The number of benzene rings is 1. The van der Waals surface area contributed by atoms with Crippen LogP contribution in [0.1, 0.15) is 19.4 Å². The lowest BCUT2D eigenvalue weighted by molar-refractivity contribution is -0.129. The topological polar surface area (TPSA) is 23.6 Å². The van der Waals surface area contributed by atoms with Crippen molar-refractivity contribution >= 4 is 11.6 Å². The fourth-order valence-corrected chi connectivity index (χ4v) is 2.29. The van der Waals surface area contributed by atoms with E-state index >= 15 is 0 Å². The molecule has 1 aromatic carbocycles. The maximum Gasteiger partial charge on any atom is 0.219 e. The smallest absolute Gasteiger partial charge is 0.219 e. The van der Waals surface area contributed by atoms with Crippen LogP contribution in [0.3, 0.4) is 0 Å². The Morgan fingerprint density at radius 3 is 2.44 bits per heavy atom. The van der Waals surface area contributed by atoms with E-state index < -0.39 is 0 Å². The number of hydrogen-bond donors (Lipinski definition) is 0. The first-order chi connectivity index (χ1) is 8.61. The summed E-state index contributed by atoms with van der Waals surface area (Å²) in [5, 5.41) is 0. The molecule has 1 aromatic rings. The molecule has 1 fully saturated rings. The van der Waals surface area contributed by atoms with Crippen LogP contribution >= 0.6 is 0 Å². The number of nitrogens with zero attached hydrogens (tertiary/aromatic N) is 2. The number of carbonyl (C=O) groups is 1. The number of anilines is 1. The molecule has 3 nitrogen and oxygen atoms in total. The molecular weight excluding hydrogens is 231 g/mol. The van der Waals surface area contributed by atoms with E-state index in [1.54, 1.807) is 17.9 Å². The van der Waals surface area contributed by atoms with E-state index in [0.29, 0.717) is 31.9 Å². The predicted molar refractivity (Wildman–Crippen MR) is 70.2 cm³/mol. The van der Waals surface area contributed by atoms with Crippen LogP contribution in [0, 0.1) is 5.82 Å². The molecule has 0 spiro atoms. The van der Waals surface area contributed by atoms with E-state index in [1.807, 2.05) is 24.0 Å². The van der Waals surface area contributed by atoms with Gasteiger partial charge in [-0.05, 0) is 24.1 Å². The minimum absolute atomic E-state index is 0.0939. The van der Waals surface area contributed by atoms with Crippen LogP contribution in [0.2, 0.25) is 0 Å². The van der Waals surface area contributed by atoms with Gasteiger partial charge in [0.25, 0.3) is 0 Å². The molecule has 0 bridgehead atoms. The third-order valence-corrected chi connectivity index (χ3v) is 3.49. The molecule has 2 rings (SSSR count). The van der Waals surface area contributed by atoms with Gasteiger partial charge >= 0.3 is 0 Å². The summed E-state index contributed by atoms with van der Waals surface area (Å²) in [5.41, 5.74) is 1.66. The minimum atomic E-state index is -0.161. The summed E-state index contributed by atoms with van der Waals surface area (Å²) in [6.45, 7) is 6.32. The SMILES string of the molecule is CCc1ccc(N2CCN(C(C)=O)CC2)c(F)c1. The van der Waals surface area contributed by atoms with Crippen molar-refractivity contribution in [1.82, 2.24) is 4.90 Å². The number of carbonyl (C=O) groups excluding carboxylic acids is 1. The summed E-state index contributed by atoms with van der Waals surface area (Å²) >= 11 is 0. The average Bonchev–Trinajstić information content (AvgIpc) is 2.38. The van der Waals surface area contributed by atoms with Crippen LogP contribution in [-0.2, 0) is 11.2 Å². The highest BCUT2D eigenvalue weighted by molar-refractivity contribution is 5.73. The highest BCUT2D eigenvalue weighted by Gasteiger charge is 2.20. The number of halogens is 1. The van der Waals surface area contributed by atoms with Crippen molar-refractivity contribution in [3.8, 4) is 0 Å². The molecule has 0 unspecified atom stereocenters. The summed E-state index contributed by atoms with van der Waals surface area (Å²) < 4.78 is 14.0. The Morgan fingerprint density at radius 2 is 1.94 bits per heavy atom. The van der Waals surface area contributed by atoms with Crippen molar-refractivity contribution in [2.24, 2.45) is 0 Å². The number of amides is 1. The first-order valence-corrected chi connectivity index (χ1v) is 6.40. The number of rotatable bonds is 2. The van der Waals surface area contributed by atoms with Crippen molar-refractivity contribution in [2.75, 3.05) is 31.1 Å². The van der Waals surface area contributed by atoms with Gasteiger partial charge in [-0.15, -0.1) is 0 Å². The Kier molecular flexibility index (Phi) is 3.84. The number of piperazine rings is 1. The lowest BCUT2D eigenvalue weighted by atomic mass is 10.1. The van der Waals surface area contributed by atoms with Gasteiger partial charge in [0.1, 0.15) is 5.82 Å². The van der Waals surface area contributed by atoms with Crippen molar-refractivity contribution < 1.29 is 9.18 Å². The average molecular weight is 250 g/mol. The van der Waals surface area contributed by atoms with Crippen LogP contribution in [0.25, 0.3) is 0 Å². The summed E-state index contributed by atoms with van der Waals surface area (Å²) in [4.78, 5) is 15.0. The van der Waals surface area contributed by atoms with Crippen LogP contribution in [0.15, 0.2) is 18.2 Å². The molecule has 0 aromatic heterocycles. The molecular formula is C14H19FN2O. The second kappa shape index (κ2) is 5.38. The lowest BCUT2D eigenvalue weighted by Gasteiger charge is -2.35. The van der Waals surface area contributed by atoms with Crippen LogP contribution in [0.4, 0.5) is 10.1 Å². The summed E-state index contributed by atoms with van der Waals surface area (Å²) in [6, 6.07) is 5.42. The Bertz CT molecular complexity index is 439. The van der Waals surface area contributed by atoms with Crippen molar-refractivity contribution in [2.45, 2.75) is 20.3 Å². The highest BCUT2D eigenvalue weighted by atomic mass is 19.1. The molecule has 98 valence electrons. The molecule has 0 saturated carbocycles. The van der Waals surface area contributed by atoms with Gasteiger partial charge in [-0.1, -0.05) is 13.0 Å². The molecule has 18 heavy (non-hydrogen) atoms. The molecule has 1 amide bonds. The lowest BCUT2D eigenvalue weighted by Crippen LogP contribution is -2.48. The van der Waals surface area contributed by atoms with Crippen molar-refractivity contribution in [1.29, 1.82) is 0 Å². The van der Waals surface area contributed by atoms with Gasteiger partial charge in [-0.2, -0.15) is 0 Å². The molecule has 1 heterocycles. The Labute approximate surface area is 107 Å². The Morgan fingerprint density at radius 1 is 1.28 bits per heavy atom. The van der Waals surface area contributed by atoms with E-state index in [4.69, 9.17) is 0 Å². The molecule has 1 aliphatic rings. The van der Waals surface area contributed by atoms with Crippen LogP contribution in [0.5, 0.6) is 0 Å². The molecule has 0 atom stereocenters. The first kappa shape index (κ1) is 12.9. The Balaban J connectivity index is 2.07. The van der Waals surface area contributed by atoms with Gasteiger partial charge in [-0.25, -0.2) is 4.39 Å². The molecule has 0 aliphatic carbocycles. The van der Waals surface area contributed by atoms with Crippen molar-refractivity contribution in [3.63, 3.8) is 0 Å². The quantitative estimate of drug-likeness (QED) is 0.802. The van der Waals surface area contributed by atoms with E-state index in [0.717, 1.165) is 12.0 Å². The second-order valence-corrected chi connectivity index (χ2v) is 4.63. The zero-order valence-corrected chi connectivity index (χ0v) is 10.9. The van der Waals surface area contributed by atoms with Crippen LogP contribution in [-0.4, -0.2) is 37.0 Å². The van der Waals surface area contributed by atoms with E-state index in [1.165, 1.54) is 0 Å². The molecule has 0 N–H and O–H groups in total. The molecule has 0 radical (unpaired) electrons. The van der Waals surface area contributed by atoms with Gasteiger partial charge in [0.15, 0.2) is 0 Å². The Hall–Kier alpha value is -1.58. The highest BCUT2D eigenvalue weighted by Crippen LogP contribution is 2.22. The molecule has 1 aliphatic heterocycles. The standard InChI is InChI=1S/C14H19FN2O/c1-3-12-4-5-14(13(15)10-12)17-8-6-16(7-9-17)11(2)18/h4-5,10H,3,6-9H2,1-2H3. The van der Waals surface area contributed by atoms with Gasteiger partial charge in [0.05, 0.1) is 5.69 Å². The second-order valence-electron chi connectivity index (χ2n) is 4.63. The summed E-state index contributed by atoms with van der Waals surface area (Å²) in [6.07, 6.45) is 0.843. The predicted octanol–water partition coefficient (Wildman–Crippen LogP) is 2.06. The summed E-state index contributed by atoms with van der Waals surface area (Å²) in [7, 11) is 0. The first-order valence-electron chi connectivity index (χ1n) is 6.40. The van der Waals surface area contributed by atoms with E-state index in [2.05, 4.69) is 0 Å². The number of aryl methyl sites for hydroxylation is 1. The van der Waals surface area contributed by atoms with Gasteiger partial charge in [0, 0.05) is 33.1 Å². The zero-order chi connectivity index (χ0) is 13.1. The largest absolute Gasteiger partial charge is 0.366 e. The van der Waals surface area contributed by atoms with Gasteiger partial charge < -0.3 is 9.80 Å². The fraction of sp³-hybridized carbons (Fsp3) is 0.500. The maximum absolute atomic E-state index is 14.0. The fourth-order valence-electron chi connectivity index (χ4n) is 2.29. The van der Waals surface area contributed by atoms with E-state index in [-0.39, 0.29) is 11.7 Å². The maximum atomic E-state index is 14.0. The zero-order valence-electron chi connectivity index (χ0n) is 10.9. The molecule has 1 saturated heterocycles. The third-order valence-electron chi connectivity index (χ3n) is 3.49. The monoisotopic (exact) mass is 250 g/mol. The number of hydrogen-bond acceptors (Lipinski definition) is 2. The van der Waals surface area contributed by atoms with Gasteiger partial charge in [0.2, 0.25) is 5.91 Å². The normalized spacial score (nSPS) is 15.9. The molecule has 4 heteroatoms.